The molecule has 1 N–H and O–H groups in total. The normalized spacial score (nSPS) is 23.4. The Hall–Kier alpha value is -2.15. The predicted molar refractivity (Wildman–Crippen MR) is 88.9 cm³/mol. The van der Waals surface area contributed by atoms with Gasteiger partial charge in [0.15, 0.2) is 0 Å². The van der Waals surface area contributed by atoms with E-state index in [1.165, 1.54) is 17.0 Å². The molecule has 2 aliphatic rings. The summed E-state index contributed by atoms with van der Waals surface area (Å²) in [6.45, 7) is 0.673. The number of nitrogens with zero attached hydrogens (tertiary/aromatic N) is 2. The molecule has 1 aromatic rings. The molecule has 2 aliphatic heterocycles. The molecule has 2 saturated heterocycles. The number of amides is 2. The number of carbonyl (C=O) groups is 3. The zero-order valence-electron chi connectivity index (χ0n) is 13.5. The molecular formula is C17H18ClFN2O4. The topological polar surface area (TPSA) is 77.9 Å². The van der Waals surface area contributed by atoms with E-state index in [0.29, 0.717) is 18.7 Å². The Balaban J connectivity index is 1.72. The van der Waals surface area contributed by atoms with Crippen molar-refractivity contribution in [2.75, 3.05) is 18.0 Å². The standard InChI is InChI=1S/C17H18ClFN2O4/c18-13-4-3-12(7-14(13)19)21-9-10(6-15(21)22)17(25)20-5-1-2-11(20)8-16(23)24/h3-4,7,10-11H,1-2,5-6,8-9H2,(H,23,24). The van der Waals surface area contributed by atoms with E-state index < -0.39 is 17.7 Å². The first-order valence-electron chi connectivity index (χ1n) is 8.14. The summed E-state index contributed by atoms with van der Waals surface area (Å²) >= 11 is 5.66. The summed E-state index contributed by atoms with van der Waals surface area (Å²) in [4.78, 5) is 38.9. The number of benzene rings is 1. The van der Waals surface area contributed by atoms with Gasteiger partial charge < -0.3 is 14.9 Å². The molecule has 2 heterocycles. The second kappa shape index (κ2) is 7.00. The summed E-state index contributed by atoms with van der Waals surface area (Å²) in [5.41, 5.74) is 0.366. The molecule has 134 valence electrons. The zero-order valence-corrected chi connectivity index (χ0v) is 14.2. The van der Waals surface area contributed by atoms with Gasteiger partial charge in [0.25, 0.3) is 0 Å². The third-order valence-electron chi connectivity index (χ3n) is 4.76. The molecule has 0 saturated carbocycles. The first-order chi connectivity index (χ1) is 11.9. The Bertz CT molecular complexity index is 727. The number of carbonyl (C=O) groups excluding carboxylic acids is 2. The molecule has 6 nitrogen and oxygen atoms in total. The van der Waals surface area contributed by atoms with Gasteiger partial charge in [-0.15, -0.1) is 0 Å². The molecule has 25 heavy (non-hydrogen) atoms. The van der Waals surface area contributed by atoms with E-state index in [1.54, 1.807) is 11.0 Å². The van der Waals surface area contributed by atoms with Crippen molar-refractivity contribution >= 4 is 35.1 Å². The van der Waals surface area contributed by atoms with Crippen LogP contribution in [0.3, 0.4) is 0 Å². The maximum Gasteiger partial charge on any atom is 0.305 e. The van der Waals surface area contributed by atoms with Crippen molar-refractivity contribution < 1.29 is 23.9 Å². The van der Waals surface area contributed by atoms with E-state index in [4.69, 9.17) is 16.7 Å². The van der Waals surface area contributed by atoms with Crippen LogP contribution in [0.1, 0.15) is 25.7 Å². The van der Waals surface area contributed by atoms with E-state index in [9.17, 15) is 18.8 Å². The smallest absolute Gasteiger partial charge is 0.305 e. The highest BCUT2D eigenvalue weighted by Gasteiger charge is 2.40. The van der Waals surface area contributed by atoms with Gasteiger partial charge in [0.1, 0.15) is 5.82 Å². The highest BCUT2D eigenvalue weighted by Crippen LogP contribution is 2.31. The van der Waals surface area contributed by atoms with Crippen LogP contribution in [0.5, 0.6) is 0 Å². The second-order valence-electron chi connectivity index (χ2n) is 6.43. The Labute approximate surface area is 149 Å². The maximum absolute atomic E-state index is 13.6. The number of hydrogen-bond donors (Lipinski definition) is 1. The first-order valence-corrected chi connectivity index (χ1v) is 8.52. The molecule has 3 rings (SSSR count). The zero-order chi connectivity index (χ0) is 18.1. The minimum absolute atomic E-state index is 0.0309. The lowest BCUT2D eigenvalue weighted by Crippen LogP contribution is -2.41. The molecule has 0 radical (unpaired) electrons. The Morgan fingerprint density at radius 2 is 2.12 bits per heavy atom. The van der Waals surface area contributed by atoms with Gasteiger partial charge in [-0.2, -0.15) is 0 Å². The molecule has 8 heteroatoms. The minimum atomic E-state index is -0.939. The van der Waals surface area contributed by atoms with Gasteiger partial charge in [0, 0.05) is 31.2 Å². The van der Waals surface area contributed by atoms with Crippen molar-refractivity contribution in [3.05, 3.63) is 29.0 Å². The number of carboxylic acid groups (broad SMARTS) is 1. The Kier molecular flexibility index (Phi) is 4.94. The molecule has 1 aromatic carbocycles. The molecule has 2 amide bonds. The largest absolute Gasteiger partial charge is 0.481 e. The molecule has 2 atom stereocenters. The number of likely N-dealkylation sites (tertiary alicyclic amines) is 1. The van der Waals surface area contributed by atoms with Crippen LogP contribution in [0, 0.1) is 11.7 Å². The monoisotopic (exact) mass is 368 g/mol. The summed E-state index contributed by atoms with van der Waals surface area (Å²) < 4.78 is 13.6. The fourth-order valence-electron chi connectivity index (χ4n) is 3.55. The highest BCUT2D eigenvalue weighted by atomic mass is 35.5. The number of carboxylic acids is 1. The fourth-order valence-corrected chi connectivity index (χ4v) is 3.67. The quantitative estimate of drug-likeness (QED) is 0.884. The van der Waals surface area contributed by atoms with Crippen LogP contribution in [-0.4, -0.2) is 46.9 Å². The van der Waals surface area contributed by atoms with E-state index >= 15 is 0 Å². The Morgan fingerprint density at radius 3 is 2.80 bits per heavy atom. The van der Waals surface area contributed by atoms with Crippen molar-refractivity contribution in [3.8, 4) is 0 Å². The SMILES string of the molecule is O=C(O)CC1CCCN1C(=O)C1CC(=O)N(c2ccc(Cl)c(F)c2)C1. The first kappa shape index (κ1) is 17.7. The lowest BCUT2D eigenvalue weighted by Gasteiger charge is -2.26. The lowest BCUT2D eigenvalue weighted by molar-refractivity contribution is -0.141. The predicted octanol–water partition coefficient (Wildman–Crippen LogP) is 2.30. The molecule has 2 unspecified atom stereocenters. The molecule has 2 fully saturated rings. The number of rotatable bonds is 4. The van der Waals surface area contributed by atoms with Crippen LogP contribution in [0.15, 0.2) is 18.2 Å². The van der Waals surface area contributed by atoms with Gasteiger partial charge in [-0.05, 0) is 31.0 Å². The molecule has 0 spiro atoms. The summed E-state index contributed by atoms with van der Waals surface area (Å²) in [5, 5.41) is 8.94. The van der Waals surface area contributed by atoms with Crippen LogP contribution in [0.4, 0.5) is 10.1 Å². The van der Waals surface area contributed by atoms with Crippen molar-refractivity contribution in [3.63, 3.8) is 0 Å². The second-order valence-corrected chi connectivity index (χ2v) is 6.84. The summed E-state index contributed by atoms with van der Waals surface area (Å²) in [5.74, 6) is -2.56. The molecule has 0 aliphatic carbocycles. The van der Waals surface area contributed by atoms with Gasteiger partial charge in [0.05, 0.1) is 17.4 Å². The van der Waals surface area contributed by atoms with E-state index in [-0.39, 0.29) is 42.3 Å². The van der Waals surface area contributed by atoms with Crippen LogP contribution < -0.4 is 4.90 Å². The number of aliphatic carboxylic acids is 1. The minimum Gasteiger partial charge on any atom is -0.481 e. The van der Waals surface area contributed by atoms with Crippen LogP contribution >= 0.6 is 11.6 Å². The molecule has 0 bridgehead atoms. The Morgan fingerprint density at radius 1 is 1.36 bits per heavy atom. The molecule has 0 aromatic heterocycles. The summed E-state index contributed by atoms with van der Waals surface area (Å²) in [7, 11) is 0. The van der Waals surface area contributed by atoms with E-state index in [0.717, 1.165) is 6.42 Å². The van der Waals surface area contributed by atoms with Crippen molar-refractivity contribution in [1.82, 2.24) is 4.90 Å². The van der Waals surface area contributed by atoms with E-state index in [2.05, 4.69) is 0 Å². The van der Waals surface area contributed by atoms with Crippen LogP contribution in [0.2, 0.25) is 5.02 Å². The lowest BCUT2D eigenvalue weighted by atomic mass is 10.1. The average Bonchev–Trinajstić information content (AvgIpc) is 3.15. The fraction of sp³-hybridized carbons (Fsp3) is 0.471. The highest BCUT2D eigenvalue weighted by molar-refractivity contribution is 6.30. The number of hydrogen-bond acceptors (Lipinski definition) is 3. The summed E-state index contributed by atoms with van der Waals surface area (Å²) in [6.07, 6.45) is 1.37. The van der Waals surface area contributed by atoms with Crippen molar-refractivity contribution in [2.45, 2.75) is 31.7 Å². The third-order valence-corrected chi connectivity index (χ3v) is 5.07. The maximum atomic E-state index is 13.6. The van der Waals surface area contributed by atoms with Crippen LogP contribution in [0.25, 0.3) is 0 Å². The summed E-state index contributed by atoms with van der Waals surface area (Å²) in [6, 6.07) is 3.77. The third kappa shape index (κ3) is 3.61. The van der Waals surface area contributed by atoms with Gasteiger partial charge in [-0.1, -0.05) is 11.6 Å². The van der Waals surface area contributed by atoms with E-state index in [1.807, 2.05) is 0 Å². The average molecular weight is 369 g/mol. The van der Waals surface area contributed by atoms with Gasteiger partial charge in [-0.3, -0.25) is 14.4 Å². The molecular weight excluding hydrogens is 351 g/mol. The van der Waals surface area contributed by atoms with Crippen molar-refractivity contribution in [1.29, 1.82) is 0 Å². The van der Waals surface area contributed by atoms with Gasteiger partial charge in [-0.25, -0.2) is 4.39 Å². The number of anilines is 1. The van der Waals surface area contributed by atoms with Crippen LogP contribution in [-0.2, 0) is 14.4 Å². The van der Waals surface area contributed by atoms with Crippen molar-refractivity contribution in [2.24, 2.45) is 5.92 Å². The van der Waals surface area contributed by atoms with Gasteiger partial charge in [0.2, 0.25) is 11.8 Å². The number of halogens is 2. The van der Waals surface area contributed by atoms with Gasteiger partial charge >= 0.3 is 5.97 Å².